The number of hydrogen-bond donors (Lipinski definition) is 2. The molecule has 2 rings (SSSR count). The molecule has 0 aliphatic rings. The summed E-state index contributed by atoms with van der Waals surface area (Å²) < 4.78 is 0.828. The number of anilines is 1. The summed E-state index contributed by atoms with van der Waals surface area (Å²) in [5.74, 6) is 0. The fraction of sp³-hybridized carbons (Fsp3) is 0.364. The van der Waals surface area contributed by atoms with Crippen LogP contribution in [0.25, 0.3) is 10.2 Å². The van der Waals surface area contributed by atoms with Gasteiger partial charge in [0.1, 0.15) is 5.69 Å². The highest BCUT2D eigenvalue weighted by atomic mass is 32.1. The van der Waals surface area contributed by atoms with E-state index in [0.29, 0.717) is 24.3 Å². The molecule has 3 N–H and O–H groups in total. The van der Waals surface area contributed by atoms with Crippen molar-refractivity contribution >= 4 is 32.9 Å². The molecule has 0 fully saturated rings. The first-order valence-corrected chi connectivity index (χ1v) is 6.56. The van der Waals surface area contributed by atoms with Gasteiger partial charge in [0.15, 0.2) is 5.52 Å². The van der Waals surface area contributed by atoms with E-state index in [2.05, 4.69) is 10.3 Å². The molecule has 0 unspecified atom stereocenters. The van der Waals surface area contributed by atoms with Crippen molar-refractivity contribution in [3.8, 4) is 0 Å². The zero-order valence-corrected chi connectivity index (χ0v) is 10.6. The summed E-state index contributed by atoms with van der Waals surface area (Å²) in [6, 6.07) is 3.59. The molecule has 2 aromatic rings. The smallest absolute Gasteiger partial charge is 0.319 e. The van der Waals surface area contributed by atoms with Crippen molar-refractivity contribution in [2.75, 3.05) is 18.4 Å². The molecule has 0 saturated carbocycles. The van der Waals surface area contributed by atoms with Gasteiger partial charge in [-0.15, -0.1) is 11.3 Å². The molecule has 1 aromatic carbocycles. The first-order valence-electron chi connectivity index (χ1n) is 5.68. The van der Waals surface area contributed by atoms with Gasteiger partial charge >= 0.3 is 5.69 Å². The second-order valence-corrected chi connectivity index (χ2v) is 4.73. The van der Waals surface area contributed by atoms with E-state index >= 15 is 0 Å². The lowest BCUT2D eigenvalue weighted by atomic mass is 10.2. The summed E-state index contributed by atoms with van der Waals surface area (Å²) in [4.78, 5) is 14.8. The predicted octanol–water partition coefficient (Wildman–Crippen LogP) is 2.36. The first-order chi connectivity index (χ1) is 8.74. The first kappa shape index (κ1) is 12.7. The van der Waals surface area contributed by atoms with Crippen LogP contribution in [0.1, 0.15) is 12.8 Å². The van der Waals surface area contributed by atoms with Crippen LogP contribution in [0.15, 0.2) is 17.6 Å². The van der Waals surface area contributed by atoms with Gasteiger partial charge in [0, 0.05) is 6.54 Å². The van der Waals surface area contributed by atoms with Crippen molar-refractivity contribution in [2.45, 2.75) is 12.8 Å². The molecule has 1 heterocycles. The van der Waals surface area contributed by atoms with Crippen molar-refractivity contribution in [3.05, 3.63) is 27.8 Å². The van der Waals surface area contributed by atoms with Crippen LogP contribution in [0.4, 0.5) is 11.4 Å². The molecule has 1 aromatic heterocycles. The van der Waals surface area contributed by atoms with E-state index in [1.165, 1.54) is 11.3 Å². The van der Waals surface area contributed by atoms with Crippen LogP contribution in [-0.4, -0.2) is 23.0 Å². The fourth-order valence-electron chi connectivity index (χ4n) is 1.74. The fourth-order valence-corrected chi connectivity index (χ4v) is 2.42. The molecule has 6 nitrogen and oxygen atoms in total. The number of benzene rings is 1. The SMILES string of the molecule is NCCCCNc1ccc2scnc2c1[N+](=O)[O-]. The largest absolute Gasteiger partial charge is 0.379 e. The van der Waals surface area contributed by atoms with E-state index in [1.54, 1.807) is 11.6 Å². The Bertz CT molecular complexity index is 555. The van der Waals surface area contributed by atoms with E-state index in [-0.39, 0.29) is 10.6 Å². The molecule has 0 saturated heterocycles. The number of aromatic nitrogens is 1. The van der Waals surface area contributed by atoms with Crippen molar-refractivity contribution in [2.24, 2.45) is 5.73 Å². The van der Waals surface area contributed by atoms with E-state index in [4.69, 9.17) is 5.73 Å². The van der Waals surface area contributed by atoms with E-state index < -0.39 is 0 Å². The molecule has 0 bridgehead atoms. The quantitative estimate of drug-likeness (QED) is 0.475. The number of fused-ring (bicyclic) bond motifs is 1. The van der Waals surface area contributed by atoms with Crippen molar-refractivity contribution in [1.82, 2.24) is 4.98 Å². The molecular weight excluding hydrogens is 252 g/mol. The van der Waals surface area contributed by atoms with Crippen LogP contribution < -0.4 is 11.1 Å². The topological polar surface area (TPSA) is 94.1 Å². The van der Waals surface area contributed by atoms with Crippen LogP contribution in [0, 0.1) is 10.1 Å². The molecule has 96 valence electrons. The van der Waals surface area contributed by atoms with Gasteiger partial charge in [-0.1, -0.05) is 0 Å². The van der Waals surface area contributed by atoms with Crippen molar-refractivity contribution in [1.29, 1.82) is 0 Å². The van der Waals surface area contributed by atoms with Crippen LogP contribution in [0.3, 0.4) is 0 Å². The minimum absolute atomic E-state index is 0.0569. The third-order valence-electron chi connectivity index (χ3n) is 2.60. The van der Waals surface area contributed by atoms with Gasteiger partial charge in [-0.3, -0.25) is 10.1 Å². The monoisotopic (exact) mass is 266 g/mol. The zero-order chi connectivity index (χ0) is 13.0. The number of nitrogens with two attached hydrogens (primary N) is 1. The standard InChI is InChI=1S/C11H14N4O2S/c12-5-1-2-6-13-8-3-4-9-10(14-7-18-9)11(8)15(16)17/h3-4,7,13H,1-2,5-6,12H2. The number of nitro groups is 1. The summed E-state index contributed by atoms with van der Waals surface area (Å²) in [6.07, 6.45) is 1.79. The summed E-state index contributed by atoms with van der Waals surface area (Å²) in [5.41, 5.74) is 8.06. The number of hydrogen-bond acceptors (Lipinski definition) is 6. The Morgan fingerprint density at radius 1 is 1.44 bits per heavy atom. The minimum atomic E-state index is -0.382. The van der Waals surface area contributed by atoms with Gasteiger partial charge in [-0.2, -0.15) is 0 Å². The molecule has 18 heavy (non-hydrogen) atoms. The number of unbranched alkanes of at least 4 members (excludes halogenated alkanes) is 1. The van der Waals surface area contributed by atoms with E-state index in [9.17, 15) is 10.1 Å². The molecule has 0 atom stereocenters. The molecule has 0 radical (unpaired) electrons. The summed E-state index contributed by atoms with van der Waals surface area (Å²) >= 11 is 1.40. The lowest BCUT2D eigenvalue weighted by Crippen LogP contribution is -2.07. The summed E-state index contributed by atoms with van der Waals surface area (Å²) in [5, 5.41) is 14.2. The number of nitrogens with zero attached hydrogens (tertiary/aromatic N) is 2. The van der Waals surface area contributed by atoms with Crippen LogP contribution in [-0.2, 0) is 0 Å². The number of nitrogens with one attached hydrogen (secondary N) is 1. The molecule has 0 spiro atoms. The van der Waals surface area contributed by atoms with Crippen LogP contribution >= 0.6 is 11.3 Å². The van der Waals surface area contributed by atoms with E-state index in [0.717, 1.165) is 17.5 Å². The van der Waals surface area contributed by atoms with Crippen LogP contribution in [0.2, 0.25) is 0 Å². The Labute approximate surface area is 108 Å². The number of thiazole rings is 1. The number of rotatable bonds is 6. The second-order valence-electron chi connectivity index (χ2n) is 3.84. The average molecular weight is 266 g/mol. The molecule has 7 heteroatoms. The average Bonchev–Trinajstić information content (AvgIpc) is 2.81. The maximum absolute atomic E-state index is 11.1. The highest BCUT2D eigenvalue weighted by molar-refractivity contribution is 7.16. The maximum atomic E-state index is 11.1. The highest BCUT2D eigenvalue weighted by Crippen LogP contribution is 2.34. The van der Waals surface area contributed by atoms with Crippen molar-refractivity contribution < 1.29 is 4.92 Å². The van der Waals surface area contributed by atoms with Gasteiger partial charge in [0.05, 0.1) is 15.1 Å². The van der Waals surface area contributed by atoms with Gasteiger partial charge < -0.3 is 11.1 Å². The third-order valence-corrected chi connectivity index (χ3v) is 3.40. The number of nitro benzene ring substituents is 1. The van der Waals surface area contributed by atoms with Gasteiger partial charge in [-0.05, 0) is 31.5 Å². The Kier molecular flexibility index (Phi) is 4.06. The Morgan fingerprint density at radius 3 is 3.00 bits per heavy atom. The molecular formula is C11H14N4O2S. The normalized spacial score (nSPS) is 10.7. The summed E-state index contributed by atoms with van der Waals surface area (Å²) in [6.45, 7) is 1.31. The van der Waals surface area contributed by atoms with E-state index in [1.807, 2.05) is 6.07 Å². The second kappa shape index (κ2) is 5.74. The molecule has 0 aliphatic carbocycles. The zero-order valence-electron chi connectivity index (χ0n) is 9.76. The minimum Gasteiger partial charge on any atom is -0.379 e. The van der Waals surface area contributed by atoms with Gasteiger partial charge in [-0.25, -0.2) is 4.98 Å². The van der Waals surface area contributed by atoms with Gasteiger partial charge in [0.25, 0.3) is 0 Å². The molecule has 0 aliphatic heterocycles. The Hall–Kier alpha value is -1.73. The Morgan fingerprint density at radius 2 is 2.28 bits per heavy atom. The Balaban J connectivity index is 2.25. The lowest BCUT2D eigenvalue weighted by molar-refractivity contribution is -0.382. The predicted molar refractivity (Wildman–Crippen MR) is 73.1 cm³/mol. The summed E-state index contributed by atoms with van der Waals surface area (Å²) in [7, 11) is 0. The third kappa shape index (κ3) is 2.57. The lowest BCUT2D eigenvalue weighted by Gasteiger charge is -2.06. The molecule has 0 amide bonds. The highest BCUT2D eigenvalue weighted by Gasteiger charge is 2.20. The van der Waals surface area contributed by atoms with Gasteiger partial charge in [0.2, 0.25) is 0 Å². The van der Waals surface area contributed by atoms with Crippen LogP contribution in [0.5, 0.6) is 0 Å². The maximum Gasteiger partial charge on any atom is 0.319 e. The van der Waals surface area contributed by atoms with Crippen molar-refractivity contribution in [3.63, 3.8) is 0 Å².